The van der Waals surface area contributed by atoms with Gasteiger partial charge < -0.3 is 10.2 Å². The number of quaternary nitrogens is 1. The third-order valence-electron chi connectivity index (χ3n) is 2.56. The fourth-order valence-corrected chi connectivity index (χ4v) is 1.94. The van der Waals surface area contributed by atoms with E-state index in [1.165, 1.54) is 0 Å². The van der Waals surface area contributed by atoms with Gasteiger partial charge in [-0.2, -0.15) is 13.2 Å². The van der Waals surface area contributed by atoms with Crippen molar-refractivity contribution in [3.8, 4) is 0 Å². The van der Waals surface area contributed by atoms with Crippen LogP contribution in [0.1, 0.15) is 5.56 Å². The number of halogens is 4. The molecule has 0 radical (unpaired) electrons. The fraction of sp³-hybridized carbons (Fsp3) is 0.385. The first-order valence-electron chi connectivity index (χ1n) is 6.36. The number of nitrogens with one attached hydrogen (secondary N) is 3. The molecule has 1 aromatic carbocycles. The number of carbonyl (C=O) groups excluding carboxylic acids is 2. The Labute approximate surface area is 130 Å². The summed E-state index contributed by atoms with van der Waals surface area (Å²) < 4.78 is 35.7. The molecule has 1 atom stereocenters. The number of benzene rings is 1. The van der Waals surface area contributed by atoms with Gasteiger partial charge in [-0.3, -0.25) is 10.1 Å². The lowest BCUT2D eigenvalue weighted by Crippen LogP contribution is -3.09. The lowest BCUT2D eigenvalue weighted by molar-refractivity contribution is -0.885. The van der Waals surface area contributed by atoms with Crippen LogP contribution < -0.4 is 15.5 Å². The number of alkyl halides is 3. The Balaban J connectivity index is 2.36. The molecule has 22 heavy (non-hydrogen) atoms. The third kappa shape index (κ3) is 7.84. The normalized spacial score (nSPS) is 12.6. The van der Waals surface area contributed by atoms with Crippen molar-refractivity contribution in [1.29, 1.82) is 0 Å². The number of amides is 3. The van der Waals surface area contributed by atoms with Gasteiger partial charge >= 0.3 is 12.2 Å². The zero-order valence-electron chi connectivity index (χ0n) is 11.8. The van der Waals surface area contributed by atoms with Crippen LogP contribution in [0.25, 0.3) is 0 Å². The molecule has 0 aliphatic carbocycles. The molecule has 1 unspecified atom stereocenters. The second-order valence-corrected chi connectivity index (χ2v) is 5.22. The standard InChI is InChI=1S/C13H15ClF3N3O2/c1-20(6-9-3-2-4-10(14)5-9)7-11(21)19-12(22)18-8-13(15,16)17/h2-5H,6-8H2,1H3,(H2,18,19,21,22)/p+1. The van der Waals surface area contributed by atoms with Gasteiger partial charge in [-0.05, 0) is 12.1 Å². The number of rotatable bonds is 5. The first kappa shape index (κ1) is 18.2. The lowest BCUT2D eigenvalue weighted by atomic mass is 10.2. The van der Waals surface area contributed by atoms with Crippen LogP contribution >= 0.6 is 11.6 Å². The van der Waals surface area contributed by atoms with E-state index in [0.717, 1.165) is 10.5 Å². The van der Waals surface area contributed by atoms with Crippen molar-refractivity contribution in [2.75, 3.05) is 20.1 Å². The zero-order chi connectivity index (χ0) is 16.8. The van der Waals surface area contributed by atoms with Crippen molar-refractivity contribution in [2.24, 2.45) is 0 Å². The molecule has 0 saturated carbocycles. The number of hydrogen-bond acceptors (Lipinski definition) is 2. The molecule has 9 heteroatoms. The predicted molar refractivity (Wildman–Crippen MR) is 74.5 cm³/mol. The number of urea groups is 1. The number of imide groups is 1. The van der Waals surface area contributed by atoms with Gasteiger partial charge in [0.2, 0.25) is 0 Å². The smallest absolute Gasteiger partial charge is 0.329 e. The SMILES string of the molecule is C[NH+](CC(=O)NC(=O)NCC(F)(F)F)Cc1cccc(Cl)c1. The van der Waals surface area contributed by atoms with Crippen LogP contribution in [0.2, 0.25) is 5.02 Å². The predicted octanol–water partition coefficient (Wildman–Crippen LogP) is 0.743. The van der Waals surface area contributed by atoms with E-state index in [9.17, 15) is 22.8 Å². The van der Waals surface area contributed by atoms with Crippen molar-refractivity contribution in [3.63, 3.8) is 0 Å². The Kier molecular flexibility index (Phi) is 6.63. The fourth-order valence-electron chi connectivity index (χ4n) is 1.73. The van der Waals surface area contributed by atoms with E-state index >= 15 is 0 Å². The van der Waals surface area contributed by atoms with Gasteiger partial charge in [0.15, 0.2) is 6.54 Å². The number of likely N-dealkylation sites (N-methyl/N-ethyl adjacent to an activating group) is 1. The molecule has 1 aromatic rings. The minimum Gasteiger partial charge on any atom is -0.329 e. The molecule has 0 fully saturated rings. The molecule has 0 bridgehead atoms. The molecular formula is C13H16ClF3N3O2+. The Morgan fingerprint density at radius 3 is 2.59 bits per heavy atom. The molecule has 0 spiro atoms. The summed E-state index contributed by atoms with van der Waals surface area (Å²) in [5.74, 6) is -0.667. The van der Waals surface area contributed by atoms with E-state index in [1.807, 2.05) is 11.4 Å². The van der Waals surface area contributed by atoms with Crippen LogP contribution in [-0.4, -0.2) is 38.3 Å². The highest BCUT2D eigenvalue weighted by Gasteiger charge is 2.28. The first-order chi connectivity index (χ1) is 10.2. The highest BCUT2D eigenvalue weighted by Crippen LogP contribution is 2.11. The average Bonchev–Trinajstić information content (AvgIpc) is 2.35. The summed E-state index contributed by atoms with van der Waals surface area (Å²) in [7, 11) is 1.72. The van der Waals surface area contributed by atoms with Crippen molar-refractivity contribution in [2.45, 2.75) is 12.7 Å². The van der Waals surface area contributed by atoms with Gasteiger partial charge in [-0.15, -0.1) is 0 Å². The van der Waals surface area contributed by atoms with Crippen molar-refractivity contribution in [1.82, 2.24) is 10.6 Å². The van der Waals surface area contributed by atoms with Gasteiger partial charge in [0.1, 0.15) is 13.1 Å². The summed E-state index contributed by atoms with van der Waals surface area (Å²) in [6, 6.07) is 5.91. The average molecular weight is 339 g/mol. The molecular weight excluding hydrogens is 323 g/mol. The summed E-state index contributed by atoms with van der Waals surface area (Å²) in [6.07, 6.45) is -4.52. The van der Waals surface area contributed by atoms with E-state index in [0.29, 0.717) is 11.6 Å². The molecule has 0 aliphatic rings. The Morgan fingerprint density at radius 1 is 1.32 bits per heavy atom. The van der Waals surface area contributed by atoms with Crippen molar-refractivity contribution < 1.29 is 27.7 Å². The minimum atomic E-state index is -4.52. The van der Waals surface area contributed by atoms with Crippen molar-refractivity contribution >= 4 is 23.5 Å². The van der Waals surface area contributed by atoms with Crippen LogP contribution in [0, 0.1) is 0 Å². The molecule has 3 N–H and O–H groups in total. The van der Waals surface area contributed by atoms with Gasteiger partial charge in [0.25, 0.3) is 5.91 Å². The monoisotopic (exact) mass is 338 g/mol. The summed E-state index contributed by atoms with van der Waals surface area (Å²) in [4.78, 5) is 23.4. The van der Waals surface area contributed by atoms with Gasteiger partial charge in [-0.1, -0.05) is 23.7 Å². The molecule has 0 aliphatic heterocycles. The highest BCUT2D eigenvalue weighted by atomic mass is 35.5. The van der Waals surface area contributed by atoms with Gasteiger partial charge in [0.05, 0.1) is 7.05 Å². The Bertz CT molecular complexity index is 538. The van der Waals surface area contributed by atoms with E-state index in [-0.39, 0.29) is 6.54 Å². The number of hydrogen-bond donors (Lipinski definition) is 3. The molecule has 3 amide bonds. The Morgan fingerprint density at radius 2 is 2.00 bits per heavy atom. The Hall–Kier alpha value is -1.80. The largest absolute Gasteiger partial charge is 0.405 e. The lowest BCUT2D eigenvalue weighted by Gasteiger charge is -2.14. The highest BCUT2D eigenvalue weighted by molar-refractivity contribution is 6.30. The molecule has 0 saturated heterocycles. The van der Waals surface area contributed by atoms with E-state index < -0.39 is 24.7 Å². The number of carbonyl (C=O) groups is 2. The summed E-state index contributed by atoms with van der Waals surface area (Å²) in [5.41, 5.74) is 0.902. The second-order valence-electron chi connectivity index (χ2n) is 4.79. The van der Waals surface area contributed by atoms with Crippen LogP contribution in [0.15, 0.2) is 24.3 Å². The van der Waals surface area contributed by atoms with E-state index in [2.05, 4.69) is 0 Å². The maximum atomic E-state index is 11.9. The first-order valence-corrected chi connectivity index (χ1v) is 6.73. The quantitative estimate of drug-likeness (QED) is 0.741. The maximum Gasteiger partial charge on any atom is 0.405 e. The molecule has 0 heterocycles. The van der Waals surface area contributed by atoms with E-state index in [4.69, 9.17) is 11.6 Å². The van der Waals surface area contributed by atoms with Crippen LogP contribution in [0.5, 0.6) is 0 Å². The summed E-state index contributed by atoms with van der Waals surface area (Å²) >= 11 is 5.84. The minimum absolute atomic E-state index is 0.0635. The molecule has 5 nitrogen and oxygen atoms in total. The zero-order valence-corrected chi connectivity index (χ0v) is 12.5. The van der Waals surface area contributed by atoms with E-state index in [1.54, 1.807) is 30.6 Å². The molecule has 122 valence electrons. The summed E-state index contributed by atoms with van der Waals surface area (Å²) in [5, 5.41) is 3.98. The van der Waals surface area contributed by atoms with Crippen LogP contribution in [0.4, 0.5) is 18.0 Å². The topological polar surface area (TPSA) is 62.6 Å². The third-order valence-corrected chi connectivity index (χ3v) is 2.79. The van der Waals surface area contributed by atoms with Gasteiger partial charge in [0, 0.05) is 10.6 Å². The maximum absolute atomic E-state index is 11.9. The second kappa shape index (κ2) is 8.00. The van der Waals surface area contributed by atoms with Crippen LogP contribution in [0.3, 0.4) is 0 Å². The van der Waals surface area contributed by atoms with Crippen molar-refractivity contribution in [3.05, 3.63) is 34.9 Å². The summed E-state index contributed by atoms with van der Waals surface area (Å²) in [6.45, 7) is -1.07. The molecule has 1 rings (SSSR count). The van der Waals surface area contributed by atoms with Gasteiger partial charge in [-0.25, -0.2) is 4.79 Å². The van der Waals surface area contributed by atoms with Crippen LogP contribution in [-0.2, 0) is 11.3 Å². The molecule has 0 aromatic heterocycles.